The highest BCUT2D eigenvalue weighted by atomic mass is 35.5. The van der Waals surface area contributed by atoms with Crippen molar-refractivity contribution in [1.29, 1.82) is 0 Å². The van der Waals surface area contributed by atoms with Crippen molar-refractivity contribution in [3.8, 4) is 11.3 Å². The second kappa shape index (κ2) is 7.99. The summed E-state index contributed by atoms with van der Waals surface area (Å²) in [7, 11) is 1.84. The molecular weight excluding hydrogens is 294 g/mol. The number of hydrogen-bond acceptors (Lipinski definition) is 4. The van der Waals surface area contributed by atoms with E-state index in [0.29, 0.717) is 6.54 Å². The summed E-state index contributed by atoms with van der Waals surface area (Å²) in [6, 6.07) is 9.86. The fraction of sp³-hybridized carbons (Fsp3) is 0.286. The molecule has 1 aromatic heterocycles. The summed E-state index contributed by atoms with van der Waals surface area (Å²) in [5, 5.41) is 6.76. The molecule has 108 valence electrons. The number of nitrogens with zero attached hydrogens (tertiary/aromatic N) is 1. The largest absolute Gasteiger partial charge is 0.319 e. The van der Waals surface area contributed by atoms with Crippen LogP contribution in [-0.4, -0.2) is 24.5 Å². The first-order valence-electron chi connectivity index (χ1n) is 6.16. The molecule has 4 nitrogen and oxygen atoms in total. The standard InChI is InChI=1S/C14H17N3OS.ClH/c1-10(8-15-2)13(18)17-14-12(16-9-19-14)11-6-4-3-5-7-11;/h3-7,9-10,15H,8H2,1-2H3,(H,17,18);1H. The molecular formula is C14H18ClN3OS. The minimum Gasteiger partial charge on any atom is -0.319 e. The van der Waals surface area contributed by atoms with Gasteiger partial charge in [0.2, 0.25) is 5.91 Å². The zero-order chi connectivity index (χ0) is 13.7. The Bertz CT molecular complexity index is 544. The van der Waals surface area contributed by atoms with Gasteiger partial charge in [-0.05, 0) is 7.05 Å². The average Bonchev–Trinajstić information content (AvgIpc) is 2.88. The number of halogens is 1. The number of nitrogens with one attached hydrogen (secondary N) is 2. The van der Waals surface area contributed by atoms with Crippen molar-refractivity contribution < 1.29 is 4.79 Å². The Morgan fingerprint density at radius 2 is 2.05 bits per heavy atom. The minimum absolute atomic E-state index is 0. The quantitative estimate of drug-likeness (QED) is 0.892. The second-order valence-electron chi connectivity index (χ2n) is 4.34. The zero-order valence-electron chi connectivity index (χ0n) is 11.4. The monoisotopic (exact) mass is 311 g/mol. The molecule has 2 aromatic rings. The molecule has 2 rings (SSSR count). The highest BCUT2D eigenvalue weighted by Crippen LogP contribution is 2.30. The number of carbonyl (C=O) groups is 1. The van der Waals surface area contributed by atoms with Crippen LogP contribution >= 0.6 is 23.7 Å². The predicted molar refractivity (Wildman–Crippen MR) is 86.5 cm³/mol. The maximum atomic E-state index is 12.0. The van der Waals surface area contributed by atoms with E-state index >= 15 is 0 Å². The van der Waals surface area contributed by atoms with Gasteiger partial charge in [-0.3, -0.25) is 4.79 Å². The molecule has 6 heteroatoms. The number of amides is 1. The molecule has 0 aliphatic carbocycles. The number of carbonyl (C=O) groups excluding carboxylic acids is 1. The van der Waals surface area contributed by atoms with E-state index in [1.165, 1.54) is 11.3 Å². The molecule has 1 atom stereocenters. The van der Waals surface area contributed by atoms with Crippen molar-refractivity contribution in [3.63, 3.8) is 0 Å². The van der Waals surface area contributed by atoms with Crippen LogP contribution in [0.25, 0.3) is 11.3 Å². The molecule has 0 spiro atoms. The van der Waals surface area contributed by atoms with Crippen molar-refractivity contribution in [2.24, 2.45) is 5.92 Å². The van der Waals surface area contributed by atoms with E-state index < -0.39 is 0 Å². The fourth-order valence-electron chi connectivity index (χ4n) is 1.77. The average molecular weight is 312 g/mol. The van der Waals surface area contributed by atoms with Crippen LogP contribution in [0.1, 0.15) is 6.92 Å². The van der Waals surface area contributed by atoms with Crippen LogP contribution in [0.15, 0.2) is 35.8 Å². The first-order chi connectivity index (χ1) is 9.22. The van der Waals surface area contributed by atoms with E-state index in [4.69, 9.17) is 0 Å². The van der Waals surface area contributed by atoms with Crippen LogP contribution in [0.5, 0.6) is 0 Å². The molecule has 2 N–H and O–H groups in total. The van der Waals surface area contributed by atoms with Gasteiger partial charge < -0.3 is 10.6 Å². The van der Waals surface area contributed by atoms with E-state index in [-0.39, 0.29) is 24.2 Å². The number of rotatable bonds is 5. The van der Waals surface area contributed by atoms with Gasteiger partial charge in [0.1, 0.15) is 10.7 Å². The first-order valence-corrected chi connectivity index (χ1v) is 7.04. The van der Waals surface area contributed by atoms with E-state index in [0.717, 1.165) is 16.3 Å². The number of benzene rings is 1. The van der Waals surface area contributed by atoms with Gasteiger partial charge in [0, 0.05) is 18.0 Å². The third-order valence-corrected chi connectivity index (χ3v) is 3.55. The molecule has 1 heterocycles. The lowest BCUT2D eigenvalue weighted by atomic mass is 10.1. The van der Waals surface area contributed by atoms with Gasteiger partial charge in [0.15, 0.2) is 0 Å². The summed E-state index contributed by atoms with van der Waals surface area (Å²) in [5.74, 6) is -0.0634. The van der Waals surface area contributed by atoms with E-state index in [1.54, 1.807) is 5.51 Å². The summed E-state index contributed by atoms with van der Waals surface area (Å²) in [6.07, 6.45) is 0. The Kier molecular flexibility index (Phi) is 6.64. The molecule has 1 unspecified atom stereocenters. The summed E-state index contributed by atoms with van der Waals surface area (Å²) >= 11 is 1.44. The molecule has 0 saturated carbocycles. The molecule has 0 saturated heterocycles. The molecule has 1 aromatic carbocycles. The zero-order valence-corrected chi connectivity index (χ0v) is 13.1. The predicted octanol–water partition coefficient (Wildman–Crippen LogP) is 3.03. The van der Waals surface area contributed by atoms with Crippen molar-refractivity contribution in [2.75, 3.05) is 18.9 Å². The molecule has 0 aliphatic heterocycles. The van der Waals surface area contributed by atoms with Crippen molar-refractivity contribution >= 4 is 34.7 Å². The SMILES string of the molecule is CNCC(C)C(=O)Nc1scnc1-c1ccccc1.Cl. The number of anilines is 1. The molecule has 0 aliphatic rings. The molecule has 0 radical (unpaired) electrons. The Morgan fingerprint density at radius 3 is 2.70 bits per heavy atom. The fourth-order valence-corrected chi connectivity index (χ4v) is 2.48. The number of aromatic nitrogens is 1. The Morgan fingerprint density at radius 1 is 1.35 bits per heavy atom. The summed E-state index contributed by atoms with van der Waals surface area (Å²) in [5.41, 5.74) is 3.59. The van der Waals surface area contributed by atoms with Gasteiger partial charge >= 0.3 is 0 Å². The number of thiazole rings is 1. The molecule has 20 heavy (non-hydrogen) atoms. The van der Waals surface area contributed by atoms with Gasteiger partial charge in [-0.2, -0.15) is 0 Å². The van der Waals surface area contributed by atoms with Crippen molar-refractivity contribution in [2.45, 2.75) is 6.92 Å². The highest BCUT2D eigenvalue weighted by molar-refractivity contribution is 7.14. The Hall–Kier alpha value is -1.43. The second-order valence-corrected chi connectivity index (χ2v) is 5.20. The summed E-state index contributed by atoms with van der Waals surface area (Å²) in [6.45, 7) is 2.56. The lowest BCUT2D eigenvalue weighted by molar-refractivity contribution is -0.119. The molecule has 1 amide bonds. The van der Waals surface area contributed by atoms with E-state index in [9.17, 15) is 4.79 Å². The summed E-state index contributed by atoms with van der Waals surface area (Å²) < 4.78 is 0. The van der Waals surface area contributed by atoms with Gasteiger partial charge in [-0.1, -0.05) is 37.3 Å². The third kappa shape index (κ3) is 4.03. The van der Waals surface area contributed by atoms with Crippen LogP contribution in [-0.2, 0) is 4.79 Å². The maximum Gasteiger partial charge on any atom is 0.229 e. The Balaban J connectivity index is 0.00000200. The molecule has 0 bridgehead atoms. The lowest BCUT2D eigenvalue weighted by Crippen LogP contribution is -2.28. The van der Waals surface area contributed by atoms with Crippen LogP contribution < -0.4 is 10.6 Å². The normalized spacial score (nSPS) is 11.5. The summed E-state index contributed by atoms with van der Waals surface area (Å²) in [4.78, 5) is 16.3. The van der Waals surface area contributed by atoms with Crippen molar-refractivity contribution in [1.82, 2.24) is 10.3 Å². The van der Waals surface area contributed by atoms with Gasteiger partial charge in [0.05, 0.1) is 5.51 Å². The first kappa shape index (κ1) is 16.6. The van der Waals surface area contributed by atoms with E-state index in [2.05, 4.69) is 15.6 Å². The van der Waals surface area contributed by atoms with Gasteiger partial charge in [-0.15, -0.1) is 23.7 Å². The number of hydrogen-bond donors (Lipinski definition) is 2. The third-order valence-electron chi connectivity index (χ3n) is 2.81. The minimum atomic E-state index is -0.0734. The van der Waals surface area contributed by atoms with Crippen molar-refractivity contribution in [3.05, 3.63) is 35.8 Å². The molecule has 0 fully saturated rings. The topological polar surface area (TPSA) is 54.0 Å². The van der Waals surface area contributed by atoms with Crippen LogP contribution in [0, 0.1) is 5.92 Å². The van der Waals surface area contributed by atoms with E-state index in [1.807, 2.05) is 44.3 Å². The van der Waals surface area contributed by atoms with Gasteiger partial charge in [-0.25, -0.2) is 4.98 Å². The lowest BCUT2D eigenvalue weighted by Gasteiger charge is -2.11. The van der Waals surface area contributed by atoms with Crippen LogP contribution in [0.3, 0.4) is 0 Å². The van der Waals surface area contributed by atoms with Crippen LogP contribution in [0.2, 0.25) is 0 Å². The van der Waals surface area contributed by atoms with Crippen LogP contribution in [0.4, 0.5) is 5.00 Å². The Labute approximate surface area is 129 Å². The maximum absolute atomic E-state index is 12.0. The van der Waals surface area contributed by atoms with Gasteiger partial charge in [0.25, 0.3) is 0 Å². The highest BCUT2D eigenvalue weighted by Gasteiger charge is 2.16. The smallest absolute Gasteiger partial charge is 0.229 e.